The van der Waals surface area contributed by atoms with Gasteiger partial charge in [-0.2, -0.15) is 0 Å². The molecule has 0 radical (unpaired) electrons. The molecule has 1 rings (SSSR count). The largest absolute Gasteiger partial charge is 0.480 e. The van der Waals surface area contributed by atoms with Crippen molar-refractivity contribution in [2.75, 3.05) is 0 Å². The average molecular weight is 184 g/mol. The second kappa shape index (κ2) is 4.04. The van der Waals surface area contributed by atoms with Gasteiger partial charge in [0.15, 0.2) is 0 Å². The van der Waals surface area contributed by atoms with E-state index in [1.165, 1.54) is 0 Å². The van der Waals surface area contributed by atoms with Crippen LogP contribution in [0.2, 0.25) is 0 Å². The van der Waals surface area contributed by atoms with Gasteiger partial charge < -0.3 is 15.4 Å². The minimum Gasteiger partial charge on any atom is -0.480 e. The maximum absolute atomic E-state index is 10.4. The van der Waals surface area contributed by atoms with Crippen molar-refractivity contribution in [3.05, 3.63) is 17.5 Å². The van der Waals surface area contributed by atoms with E-state index in [1.807, 2.05) is 6.92 Å². The van der Waals surface area contributed by atoms with Gasteiger partial charge in [-0.15, -0.1) is 0 Å². The molecule has 1 aromatic heterocycles. The number of rotatable bonds is 4. The van der Waals surface area contributed by atoms with Gasteiger partial charge in [-0.3, -0.25) is 4.79 Å². The molecule has 0 aromatic carbocycles. The Kier molecular flexibility index (Phi) is 3.02. The third kappa shape index (κ3) is 2.87. The topological polar surface area (TPSA) is 89.4 Å². The van der Waals surface area contributed by atoms with Crippen LogP contribution in [0, 0.1) is 6.92 Å². The zero-order valence-electron chi connectivity index (χ0n) is 7.36. The fraction of sp³-hybridized carbons (Fsp3) is 0.500. The number of aromatic nitrogens is 1. The highest BCUT2D eigenvalue weighted by molar-refractivity contribution is 5.72. The van der Waals surface area contributed by atoms with Crippen molar-refractivity contribution in [3.63, 3.8) is 0 Å². The fourth-order valence-electron chi connectivity index (χ4n) is 0.955. The second-order valence-electron chi connectivity index (χ2n) is 2.92. The van der Waals surface area contributed by atoms with Gasteiger partial charge >= 0.3 is 5.97 Å². The van der Waals surface area contributed by atoms with Crippen LogP contribution in [0.3, 0.4) is 0 Å². The molecule has 13 heavy (non-hydrogen) atoms. The van der Waals surface area contributed by atoms with E-state index in [0.29, 0.717) is 18.6 Å². The predicted molar refractivity (Wildman–Crippen MR) is 45.2 cm³/mol. The molecule has 5 heteroatoms. The summed E-state index contributed by atoms with van der Waals surface area (Å²) in [5.41, 5.74) is 6.10. The van der Waals surface area contributed by atoms with E-state index >= 15 is 0 Å². The van der Waals surface area contributed by atoms with Crippen molar-refractivity contribution >= 4 is 5.97 Å². The van der Waals surface area contributed by atoms with Crippen molar-refractivity contribution in [3.8, 4) is 0 Å². The number of carboxylic acids is 1. The Hall–Kier alpha value is -1.36. The maximum Gasteiger partial charge on any atom is 0.320 e. The van der Waals surface area contributed by atoms with Crippen LogP contribution in [0.4, 0.5) is 0 Å². The number of carboxylic acid groups (broad SMARTS) is 1. The Labute approximate surface area is 75.5 Å². The minimum absolute atomic E-state index is 0.365. The number of aliphatic carboxylic acids is 1. The monoisotopic (exact) mass is 184 g/mol. The number of aryl methyl sites for hydroxylation is 2. The summed E-state index contributed by atoms with van der Waals surface area (Å²) in [6.07, 6.45) is 0.873. The Morgan fingerprint density at radius 2 is 2.54 bits per heavy atom. The summed E-state index contributed by atoms with van der Waals surface area (Å²) in [6, 6.07) is 0.944. The molecule has 0 saturated carbocycles. The molecule has 1 atom stereocenters. The number of carbonyl (C=O) groups is 1. The van der Waals surface area contributed by atoms with Crippen LogP contribution in [0.5, 0.6) is 0 Å². The predicted octanol–water partition coefficient (Wildman–Crippen LogP) is 0.328. The third-order valence-corrected chi connectivity index (χ3v) is 1.70. The van der Waals surface area contributed by atoms with Crippen LogP contribution in [0.25, 0.3) is 0 Å². The van der Waals surface area contributed by atoms with Gasteiger partial charge in [0.2, 0.25) is 0 Å². The van der Waals surface area contributed by atoms with Gasteiger partial charge in [0.05, 0.1) is 5.69 Å². The van der Waals surface area contributed by atoms with Crippen molar-refractivity contribution in [1.82, 2.24) is 5.16 Å². The summed E-state index contributed by atoms with van der Waals surface area (Å²) in [4.78, 5) is 10.4. The van der Waals surface area contributed by atoms with Gasteiger partial charge in [-0.1, -0.05) is 5.16 Å². The van der Waals surface area contributed by atoms with Crippen LogP contribution in [0.1, 0.15) is 17.9 Å². The normalized spacial score (nSPS) is 12.8. The van der Waals surface area contributed by atoms with Crippen molar-refractivity contribution in [2.45, 2.75) is 25.8 Å². The Balaban J connectivity index is 2.39. The molecule has 0 aliphatic rings. The van der Waals surface area contributed by atoms with E-state index in [-0.39, 0.29) is 0 Å². The van der Waals surface area contributed by atoms with Crippen LogP contribution < -0.4 is 5.73 Å². The Bertz CT molecular complexity index is 295. The van der Waals surface area contributed by atoms with Gasteiger partial charge in [0, 0.05) is 12.5 Å². The highest BCUT2D eigenvalue weighted by atomic mass is 16.5. The lowest BCUT2D eigenvalue weighted by Crippen LogP contribution is -2.30. The molecular formula is C8H12N2O3. The van der Waals surface area contributed by atoms with E-state index in [4.69, 9.17) is 15.4 Å². The molecule has 0 spiro atoms. The number of hydrogen-bond donors (Lipinski definition) is 2. The Morgan fingerprint density at radius 1 is 1.85 bits per heavy atom. The highest BCUT2D eigenvalue weighted by Gasteiger charge is 2.12. The van der Waals surface area contributed by atoms with Gasteiger partial charge in [0.1, 0.15) is 11.8 Å². The molecule has 0 aliphatic heterocycles. The van der Waals surface area contributed by atoms with Crippen molar-refractivity contribution in [1.29, 1.82) is 0 Å². The fourth-order valence-corrected chi connectivity index (χ4v) is 0.955. The molecule has 72 valence electrons. The third-order valence-electron chi connectivity index (χ3n) is 1.70. The van der Waals surface area contributed by atoms with E-state index in [9.17, 15) is 4.79 Å². The molecule has 3 N–H and O–H groups in total. The van der Waals surface area contributed by atoms with Gasteiger partial charge in [-0.05, 0) is 13.3 Å². The van der Waals surface area contributed by atoms with E-state index < -0.39 is 12.0 Å². The molecule has 0 bridgehead atoms. The van der Waals surface area contributed by atoms with Crippen molar-refractivity contribution in [2.24, 2.45) is 5.73 Å². The highest BCUT2D eigenvalue weighted by Crippen LogP contribution is 2.06. The molecular weight excluding hydrogens is 172 g/mol. The molecule has 1 heterocycles. The van der Waals surface area contributed by atoms with Crippen molar-refractivity contribution < 1.29 is 14.4 Å². The standard InChI is InChI=1S/C8H12N2O3/c1-5-4-6(13-10-5)2-3-7(9)8(11)12/h4,7H,2-3,9H2,1H3,(H,11,12)/t7-/m1/s1. The first-order valence-corrected chi connectivity index (χ1v) is 4.00. The number of nitrogens with zero attached hydrogens (tertiary/aromatic N) is 1. The SMILES string of the molecule is Cc1cc(CC[C@@H](N)C(=O)O)on1. The maximum atomic E-state index is 10.4. The smallest absolute Gasteiger partial charge is 0.320 e. The summed E-state index contributed by atoms with van der Waals surface area (Å²) in [6.45, 7) is 1.81. The quantitative estimate of drug-likeness (QED) is 0.703. The molecule has 0 unspecified atom stereocenters. The average Bonchev–Trinajstić information content (AvgIpc) is 2.47. The first kappa shape index (κ1) is 9.73. The van der Waals surface area contributed by atoms with E-state index in [1.54, 1.807) is 6.07 Å². The summed E-state index contributed by atoms with van der Waals surface area (Å²) >= 11 is 0. The first-order chi connectivity index (χ1) is 6.09. The van der Waals surface area contributed by atoms with Crippen LogP contribution in [-0.4, -0.2) is 22.3 Å². The first-order valence-electron chi connectivity index (χ1n) is 4.00. The van der Waals surface area contributed by atoms with E-state index in [0.717, 1.165) is 5.69 Å². The number of hydrogen-bond acceptors (Lipinski definition) is 4. The number of nitrogens with two attached hydrogens (primary N) is 1. The summed E-state index contributed by atoms with van der Waals surface area (Å²) in [5, 5.41) is 12.2. The second-order valence-corrected chi connectivity index (χ2v) is 2.92. The molecule has 0 fully saturated rings. The summed E-state index contributed by atoms with van der Waals surface area (Å²) < 4.78 is 4.90. The lowest BCUT2D eigenvalue weighted by Gasteiger charge is -2.02. The molecule has 1 aromatic rings. The molecule has 0 amide bonds. The Morgan fingerprint density at radius 3 is 3.00 bits per heavy atom. The molecule has 5 nitrogen and oxygen atoms in total. The lowest BCUT2D eigenvalue weighted by atomic mass is 10.1. The molecule has 0 aliphatic carbocycles. The zero-order valence-corrected chi connectivity index (χ0v) is 7.36. The zero-order chi connectivity index (χ0) is 9.84. The lowest BCUT2D eigenvalue weighted by molar-refractivity contribution is -0.138. The van der Waals surface area contributed by atoms with Crippen LogP contribution >= 0.6 is 0 Å². The summed E-state index contributed by atoms with van der Waals surface area (Å²) in [5.74, 6) is -0.314. The van der Waals surface area contributed by atoms with Crippen LogP contribution in [0.15, 0.2) is 10.6 Å². The minimum atomic E-state index is -0.990. The summed E-state index contributed by atoms with van der Waals surface area (Å²) in [7, 11) is 0. The van der Waals surface area contributed by atoms with Gasteiger partial charge in [0.25, 0.3) is 0 Å². The van der Waals surface area contributed by atoms with E-state index in [2.05, 4.69) is 5.16 Å². The van der Waals surface area contributed by atoms with Crippen LogP contribution in [-0.2, 0) is 11.2 Å². The molecule has 0 saturated heterocycles. The van der Waals surface area contributed by atoms with Gasteiger partial charge in [-0.25, -0.2) is 0 Å².